The number of guanidine groups is 1. The van der Waals surface area contributed by atoms with Gasteiger partial charge in [-0.05, 0) is 36.2 Å². The summed E-state index contributed by atoms with van der Waals surface area (Å²) in [6, 6.07) is 12.7. The van der Waals surface area contributed by atoms with Gasteiger partial charge < -0.3 is 15.1 Å². The van der Waals surface area contributed by atoms with Crippen molar-refractivity contribution in [1.29, 1.82) is 0 Å². The fourth-order valence-corrected chi connectivity index (χ4v) is 3.03. The van der Waals surface area contributed by atoms with Gasteiger partial charge in [-0.25, -0.2) is 9.37 Å². The molecular formula is C19H24FN5. The highest BCUT2D eigenvalue weighted by Gasteiger charge is 2.20. The Hall–Kier alpha value is -2.63. The molecule has 1 saturated heterocycles. The van der Waals surface area contributed by atoms with Crippen molar-refractivity contribution >= 4 is 11.8 Å². The largest absolute Gasteiger partial charge is 0.356 e. The monoisotopic (exact) mass is 341 g/mol. The molecule has 5 nitrogen and oxygen atoms in total. The first kappa shape index (κ1) is 17.2. The fourth-order valence-electron chi connectivity index (χ4n) is 3.03. The molecule has 0 amide bonds. The maximum atomic E-state index is 13.2. The van der Waals surface area contributed by atoms with Crippen LogP contribution >= 0.6 is 0 Å². The van der Waals surface area contributed by atoms with Gasteiger partial charge in [-0.1, -0.05) is 18.2 Å². The van der Waals surface area contributed by atoms with Gasteiger partial charge in [0.25, 0.3) is 0 Å². The van der Waals surface area contributed by atoms with Crippen LogP contribution in [0.3, 0.4) is 0 Å². The van der Waals surface area contributed by atoms with E-state index in [4.69, 9.17) is 0 Å². The van der Waals surface area contributed by atoms with Crippen molar-refractivity contribution in [2.24, 2.45) is 4.99 Å². The van der Waals surface area contributed by atoms with Gasteiger partial charge in [0.15, 0.2) is 5.96 Å². The van der Waals surface area contributed by atoms with E-state index >= 15 is 0 Å². The Labute approximate surface area is 148 Å². The predicted octanol–water partition coefficient (Wildman–Crippen LogP) is 2.16. The molecule has 1 aromatic heterocycles. The maximum Gasteiger partial charge on any atom is 0.193 e. The number of halogens is 1. The number of hydrogen-bond acceptors (Lipinski definition) is 3. The number of nitrogens with zero attached hydrogens (tertiary/aromatic N) is 4. The summed E-state index contributed by atoms with van der Waals surface area (Å²) in [6.07, 6.45) is 2.60. The first-order valence-corrected chi connectivity index (χ1v) is 8.62. The molecule has 0 unspecified atom stereocenters. The van der Waals surface area contributed by atoms with E-state index in [-0.39, 0.29) is 5.82 Å². The third-order valence-electron chi connectivity index (χ3n) is 4.35. The molecule has 25 heavy (non-hydrogen) atoms. The van der Waals surface area contributed by atoms with Crippen molar-refractivity contribution in [2.75, 3.05) is 44.7 Å². The Balaban J connectivity index is 1.48. The molecule has 0 radical (unpaired) electrons. The standard InChI is InChI=1S/C19H24FN5/c1-21-19(23-10-8-16-5-4-6-17(20)15-16)25-13-11-24(12-14-25)18-7-2-3-9-22-18/h2-7,9,15H,8,10-14H2,1H3,(H,21,23). The smallest absolute Gasteiger partial charge is 0.193 e. The number of anilines is 1. The molecule has 6 heteroatoms. The molecule has 2 heterocycles. The highest BCUT2D eigenvalue weighted by Crippen LogP contribution is 2.12. The molecule has 1 aliphatic heterocycles. The van der Waals surface area contributed by atoms with Crippen molar-refractivity contribution < 1.29 is 4.39 Å². The predicted molar refractivity (Wildman–Crippen MR) is 99.5 cm³/mol. The second-order valence-electron chi connectivity index (χ2n) is 6.02. The number of piperazine rings is 1. The highest BCUT2D eigenvalue weighted by atomic mass is 19.1. The van der Waals surface area contributed by atoms with Gasteiger partial charge in [0.1, 0.15) is 11.6 Å². The summed E-state index contributed by atoms with van der Waals surface area (Å²) in [4.78, 5) is 13.3. The molecule has 0 bridgehead atoms. The topological polar surface area (TPSA) is 43.8 Å². The van der Waals surface area contributed by atoms with Gasteiger partial charge in [0, 0.05) is 46.0 Å². The zero-order chi connectivity index (χ0) is 17.5. The Morgan fingerprint density at radius 3 is 2.68 bits per heavy atom. The number of aromatic nitrogens is 1. The molecule has 1 aromatic carbocycles. The minimum Gasteiger partial charge on any atom is -0.356 e. The summed E-state index contributed by atoms with van der Waals surface area (Å²) in [5, 5.41) is 3.38. The second-order valence-corrected chi connectivity index (χ2v) is 6.02. The summed E-state index contributed by atoms with van der Waals surface area (Å²) in [6.45, 7) is 4.37. The lowest BCUT2D eigenvalue weighted by Gasteiger charge is -2.37. The van der Waals surface area contributed by atoms with E-state index in [0.717, 1.165) is 56.5 Å². The number of rotatable bonds is 4. The molecule has 0 saturated carbocycles. The lowest BCUT2D eigenvalue weighted by Crippen LogP contribution is -2.53. The van der Waals surface area contributed by atoms with Crippen LogP contribution in [-0.4, -0.2) is 55.6 Å². The van der Waals surface area contributed by atoms with Crippen molar-refractivity contribution in [3.8, 4) is 0 Å². The molecule has 1 N–H and O–H groups in total. The van der Waals surface area contributed by atoms with E-state index in [1.807, 2.05) is 30.5 Å². The van der Waals surface area contributed by atoms with Gasteiger partial charge in [-0.2, -0.15) is 0 Å². The van der Waals surface area contributed by atoms with Crippen molar-refractivity contribution in [3.63, 3.8) is 0 Å². The number of nitrogens with one attached hydrogen (secondary N) is 1. The molecule has 2 aromatic rings. The first-order chi connectivity index (χ1) is 12.3. The molecule has 0 atom stereocenters. The molecule has 132 valence electrons. The maximum absolute atomic E-state index is 13.2. The Morgan fingerprint density at radius 1 is 1.16 bits per heavy atom. The van der Waals surface area contributed by atoms with Crippen LogP contribution in [0.4, 0.5) is 10.2 Å². The van der Waals surface area contributed by atoms with Crippen LogP contribution in [0.1, 0.15) is 5.56 Å². The fraction of sp³-hybridized carbons (Fsp3) is 0.368. The quantitative estimate of drug-likeness (QED) is 0.684. The van der Waals surface area contributed by atoms with E-state index in [2.05, 4.69) is 25.1 Å². The lowest BCUT2D eigenvalue weighted by atomic mass is 10.1. The van der Waals surface area contributed by atoms with Crippen LogP contribution in [0.5, 0.6) is 0 Å². The molecule has 3 rings (SSSR count). The van der Waals surface area contributed by atoms with Crippen LogP contribution in [0.15, 0.2) is 53.7 Å². The van der Waals surface area contributed by atoms with E-state index in [1.165, 1.54) is 6.07 Å². The number of hydrogen-bond donors (Lipinski definition) is 1. The average molecular weight is 341 g/mol. The van der Waals surface area contributed by atoms with E-state index in [0.29, 0.717) is 0 Å². The first-order valence-electron chi connectivity index (χ1n) is 8.62. The summed E-state index contributed by atoms with van der Waals surface area (Å²) in [5.74, 6) is 1.74. The van der Waals surface area contributed by atoms with Gasteiger partial charge in [-0.3, -0.25) is 4.99 Å². The Morgan fingerprint density at radius 2 is 2.00 bits per heavy atom. The number of aliphatic imine (C=N–C) groups is 1. The van der Waals surface area contributed by atoms with Crippen LogP contribution in [0.2, 0.25) is 0 Å². The van der Waals surface area contributed by atoms with Crippen molar-refractivity contribution in [3.05, 3.63) is 60.0 Å². The third-order valence-corrected chi connectivity index (χ3v) is 4.35. The molecule has 0 spiro atoms. The van der Waals surface area contributed by atoms with Crippen LogP contribution in [-0.2, 0) is 6.42 Å². The van der Waals surface area contributed by atoms with Crippen LogP contribution < -0.4 is 10.2 Å². The Kier molecular flexibility index (Phi) is 5.82. The lowest BCUT2D eigenvalue weighted by molar-refractivity contribution is 0.372. The zero-order valence-electron chi connectivity index (χ0n) is 14.5. The van der Waals surface area contributed by atoms with Crippen LogP contribution in [0, 0.1) is 5.82 Å². The highest BCUT2D eigenvalue weighted by molar-refractivity contribution is 5.80. The SMILES string of the molecule is CN=C(NCCc1cccc(F)c1)N1CCN(c2ccccn2)CC1. The molecule has 1 aliphatic rings. The minimum absolute atomic E-state index is 0.187. The van der Waals surface area contributed by atoms with Gasteiger partial charge in [0.05, 0.1) is 0 Å². The van der Waals surface area contributed by atoms with Gasteiger partial charge in [-0.15, -0.1) is 0 Å². The summed E-state index contributed by atoms with van der Waals surface area (Å²) >= 11 is 0. The second kappa shape index (κ2) is 8.46. The van der Waals surface area contributed by atoms with Crippen molar-refractivity contribution in [1.82, 2.24) is 15.2 Å². The minimum atomic E-state index is -0.187. The van der Waals surface area contributed by atoms with E-state index < -0.39 is 0 Å². The van der Waals surface area contributed by atoms with Gasteiger partial charge >= 0.3 is 0 Å². The van der Waals surface area contributed by atoms with Gasteiger partial charge in [0.2, 0.25) is 0 Å². The van der Waals surface area contributed by atoms with Crippen molar-refractivity contribution in [2.45, 2.75) is 6.42 Å². The average Bonchev–Trinajstić information content (AvgIpc) is 2.66. The summed E-state index contributed by atoms with van der Waals surface area (Å²) in [7, 11) is 1.80. The number of benzene rings is 1. The third kappa shape index (κ3) is 4.68. The summed E-state index contributed by atoms with van der Waals surface area (Å²) in [5.41, 5.74) is 0.989. The number of pyridine rings is 1. The molecule has 0 aliphatic carbocycles. The van der Waals surface area contributed by atoms with E-state index in [9.17, 15) is 4.39 Å². The summed E-state index contributed by atoms with van der Waals surface area (Å²) < 4.78 is 13.2. The zero-order valence-corrected chi connectivity index (χ0v) is 14.5. The van der Waals surface area contributed by atoms with Crippen LogP contribution in [0.25, 0.3) is 0 Å². The normalized spacial score (nSPS) is 15.4. The molecule has 1 fully saturated rings. The molecular weight excluding hydrogens is 317 g/mol. The Bertz CT molecular complexity index is 696. The van der Waals surface area contributed by atoms with E-state index in [1.54, 1.807) is 19.2 Å².